The van der Waals surface area contributed by atoms with Gasteiger partial charge in [-0.25, -0.2) is 0 Å². The van der Waals surface area contributed by atoms with Crippen LogP contribution in [0.15, 0.2) is 30.3 Å². The van der Waals surface area contributed by atoms with E-state index in [0.717, 1.165) is 5.56 Å². The summed E-state index contributed by atoms with van der Waals surface area (Å²) < 4.78 is 10.9. The van der Waals surface area contributed by atoms with Gasteiger partial charge in [0.05, 0.1) is 18.8 Å². The summed E-state index contributed by atoms with van der Waals surface area (Å²) in [6.45, 7) is 3.68. The van der Waals surface area contributed by atoms with Crippen LogP contribution in [0.25, 0.3) is 0 Å². The number of carbonyl (C=O) groups excluding carboxylic acids is 2. The van der Waals surface area contributed by atoms with E-state index in [0.29, 0.717) is 0 Å². The maximum Gasteiger partial charge on any atom is 0.481 e. The van der Waals surface area contributed by atoms with Gasteiger partial charge in [0.15, 0.2) is 6.29 Å². The molecule has 0 aliphatic rings. The van der Waals surface area contributed by atoms with Crippen molar-refractivity contribution in [3.63, 3.8) is 0 Å². The Morgan fingerprint density at radius 3 is 2.15 bits per heavy atom. The number of nitrogens with one attached hydrogen (secondary N) is 1. The standard InChI is InChI=1S/C22H33BN2O9/c1-14(2)9-17(23(33-3)34-22(13-26,11-18(27)28)12-19(29)30)25-21(32)20(31)16(24)10-15-7-5-4-6-8-15/h4-8,13-14,16-17,20,31H,9-12,24H2,1-3H3,(H,25,32)(H,27,28)(H,29,30)/t16-,17?,20?/m1/s1. The molecule has 11 nitrogen and oxygen atoms in total. The first-order chi connectivity index (χ1) is 15.9. The van der Waals surface area contributed by atoms with E-state index in [1.807, 2.05) is 32.0 Å². The molecule has 0 saturated carbocycles. The van der Waals surface area contributed by atoms with Crippen LogP contribution in [-0.4, -0.2) is 77.4 Å². The van der Waals surface area contributed by atoms with Crippen molar-refractivity contribution >= 4 is 31.3 Å². The van der Waals surface area contributed by atoms with Crippen LogP contribution >= 0.6 is 0 Å². The number of aliphatic carboxylic acids is 2. The minimum absolute atomic E-state index is 0.0220. The highest BCUT2D eigenvalue weighted by atomic mass is 16.6. The third-order valence-corrected chi connectivity index (χ3v) is 5.07. The summed E-state index contributed by atoms with van der Waals surface area (Å²) in [5, 5.41) is 31.4. The second-order valence-electron chi connectivity index (χ2n) is 8.59. The van der Waals surface area contributed by atoms with Crippen LogP contribution in [-0.2, 0) is 34.9 Å². The highest BCUT2D eigenvalue weighted by Crippen LogP contribution is 2.23. The highest BCUT2D eigenvalue weighted by Gasteiger charge is 2.44. The lowest BCUT2D eigenvalue weighted by Crippen LogP contribution is -2.58. The van der Waals surface area contributed by atoms with E-state index in [2.05, 4.69) is 5.32 Å². The molecular weight excluding hydrogens is 447 g/mol. The van der Waals surface area contributed by atoms with Crippen molar-refractivity contribution in [2.45, 2.75) is 63.2 Å². The summed E-state index contributed by atoms with van der Waals surface area (Å²) in [5.41, 5.74) is 4.63. The topological polar surface area (TPSA) is 185 Å². The zero-order chi connectivity index (χ0) is 25.9. The first-order valence-electron chi connectivity index (χ1n) is 10.8. The van der Waals surface area contributed by atoms with Gasteiger partial charge in [0.2, 0.25) is 5.91 Å². The monoisotopic (exact) mass is 480 g/mol. The van der Waals surface area contributed by atoms with Crippen LogP contribution in [0, 0.1) is 5.92 Å². The summed E-state index contributed by atoms with van der Waals surface area (Å²) in [4.78, 5) is 47.1. The van der Waals surface area contributed by atoms with E-state index >= 15 is 0 Å². The summed E-state index contributed by atoms with van der Waals surface area (Å²) in [6, 6.07) is 8.14. The predicted octanol–water partition coefficient (Wildman–Crippen LogP) is 0.0257. The number of aldehydes is 1. The molecule has 2 unspecified atom stereocenters. The first-order valence-corrected chi connectivity index (χ1v) is 10.8. The first kappa shape index (κ1) is 29.2. The fraction of sp³-hybridized carbons (Fsp3) is 0.545. The van der Waals surface area contributed by atoms with E-state index in [9.17, 15) is 34.5 Å². The third kappa shape index (κ3) is 9.60. The van der Waals surface area contributed by atoms with Gasteiger partial charge < -0.3 is 40.5 Å². The summed E-state index contributed by atoms with van der Waals surface area (Å²) in [7, 11) is -0.175. The van der Waals surface area contributed by atoms with E-state index in [1.165, 1.54) is 7.11 Å². The maximum atomic E-state index is 12.8. The molecule has 1 aromatic carbocycles. The molecule has 0 saturated heterocycles. The van der Waals surface area contributed by atoms with Gasteiger partial charge in [0.25, 0.3) is 0 Å². The zero-order valence-corrected chi connectivity index (χ0v) is 19.5. The van der Waals surface area contributed by atoms with Gasteiger partial charge in [-0.05, 0) is 24.3 Å². The molecule has 0 fully saturated rings. The molecular formula is C22H33BN2O9. The maximum absolute atomic E-state index is 12.8. The number of hydrogen-bond acceptors (Lipinski definition) is 8. The number of amides is 1. The van der Waals surface area contributed by atoms with Crippen LogP contribution in [0.3, 0.4) is 0 Å². The Labute approximate surface area is 198 Å². The smallest absolute Gasteiger partial charge is 0.481 e. The summed E-state index contributed by atoms with van der Waals surface area (Å²) in [6.07, 6.45) is -2.83. The van der Waals surface area contributed by atoms with E-state index < -0.39 is 61.5 Å². The predicted molar refractivity (Wildman–Crippen MR) is 123 cm³/mol. The Hall–Kier alpha value is -2.80. The Kier molecular flexibility index (Phi) is 11.9. The van der Waals surface area contributed by atoms with Crippen molar-refractivity contribution in [2.24, 2.45) is 11.7 Å². The Bertz CT molecular complexity index is 806. The normalized spacial score (nSPS) is 14.2. The Balaban J connectivity index is 3.06. The van der Waals surface area contributed by atoms with Crippen LogP contribution in [0.2, 0.25) is 0 Å². The molecule has 1 amide bonds. The van der Waals surface area contributed by atoms with Crippen LogP contribution < -0.4 is 11.1 Å². The van der Waals surface area contributed by atoms with Crippen LogP contribution in [0.1, 0.15) is 38.7 Å². The molecule has 12 heteroatoms. The lowest BCUT2D eigenvalue weighted by molar-refractivity contribution is -0.152. The number of hydrogen-bond donors (Lipinski definition) is 5. The zero-order valence-electron chi connectivity index (χ0n) is 19.5. The van der Waals surface area contributed by atoms with Crippen molar-refractivity contribution in [3.05, 3.63) is 35.9 Å². The van der Waals surface area contributed by atoms with Gasteiger partial charge in [-0.15, -0.1) is 0 Å². The van der Waals surface area contributed by atoms with E-state index in [4.69, 9.17) is 15.0 Å². The number of benzene rings is 1. The molecule has 0 radical (unpaired) electrons. The number of carbonyl (C=O) groups is 4. The second kappa shape index (κ2) is 13.8. The molecule has 1 rings (SSSR count). The van der Waals surface area contributed by atoms with Gasteiger partial charge in [0.1, 0.15) is 11.7 Å². The van der Waals surface area contributed by atoms with E-state index in [-0.39, 0.29) is 25.0 Å². The van der Waals surface area contributed by atoms with Gasteiger partial charge in [-0.2, -0.15) is 0 Å². The van der Waals surface area contributed by atoms with Crippen molar-refractivity contribution in [1.82, 2.24) is 5.32 Å². The number of nitrogens with two attached hydrogens (primary N) is 1. The molecule has 0 aromatic heterocycles. The average molecular weight is 480 g/mol. The fourth-order valence-corrected chi connectivity index (χ4v) is 3.50. The number of carboxylic acids is 2. The van der Waals surface area contributed by atoms with Gasteiger partial charge in [-0.1, -0.05) is 44.2 Å². The number of aliphatic hydroxyl groups is 1. The van der Waals surface area contributed by atoms with Crippen LogP contribution in [0.4, 0.5) is 0 Å². The van der Waals surface area contributed by atoms with Crippen molar-refractivity contribution in [2.75, 3.05) is 7.11 Å². The molecule has 0 aliphatic heterocycles. The molecule has 188 valence electrons. The highest BCUT2D eigenvalue weighted by molar-refractivity contribution is 6.47. The molecule has 6 N–H and O–H groups in total. The minimum atomic E-state index is -2.22. The van der Waals surface area contributed by atoms with Crippen molar-refractivity contribution in [1.29, 1.82) is 0 Å². The summed E-state index contributed by atoms with van der Waals surface area (Å²) in [5.74, 6) is -4.68. The number of aliphatic hydroxyl groups excluding tert-OH is 1. The molecule has 0 heterocycles. The minimum Gasteiger partial charge on any atom is -0.481 e. The summed E-state index contributed by atoms with van der Waals surface area (Å²) >= 11 is 0. The van der Waals surface area contributed by atoms with Crippen LogP contribution in [0.5, 0.6) is 0 Å². The lowest BCUT2D eigenvalue weighted by atomic mass is 9.72. The Morgan fingerprint density at radius 2 is 1.71 bits per heavy atom. The van der Waals surface area contributed by atoms with Gasteiger partial charge in [0, 0.05) is 13.2 Å². The molecule has 0 aliphatic carbocycles. The van der Waals surface area contributed by atoms with Gasteiger partial charge in [-0.3, -0.25) is 14.4 Å². The molecule has 0 bridgehead atoms. The van der Waals surface area contributed by atoms with Crippen molar-refractivity contribution in [3.8, 4) is 0 Å². The average Bonchev–Trinajstić information content (AvgIpc) is 2.75. The van der Waals surface area contributed by atoms with Crippen molar-refractivity contribution < 1.29 is 43.8 Å². The van der Waals surface area contributed by atoms with E-state index in [1.54, 1.807) is 12.1 Å². The molecule has 0 spiro atoms. The number of rotatable bonds is 16. The number of carboxylic acid groups (broad SMARTS) is 2. The third-order valence-electron chi connectivity index (χ3n) is 5.07. The largest absolute Gasteiger partial charge is 0.481 e. The SMILES string of the molecule is COB(OC(C=O)(CC(=O)O)CC(=O)O)C(CC(C)C)NC(=O)C(O)[C@H](N)Cc1ccccc1. The molecule has 3 atom stereocenters. The lowest BCUT2D eigenvalue weighted by Gasteiger charge is -2.33. The second-order valence-corrected chi connectivity index (χ2v) is 8.59. The molecule has 1 aromatic rings. The molecule has 34 heavy (non-hydrogen) atoms. The quantitative estimate of drug-likeness (QED) is 0.160. The Morgan fingerprint density at radius 1 is 1.15 bits per heavy atom. The fourth-order valence-electron chi connectivity index (χ4n) is 3.50. The van der Waals surface area contributed by atoms with Gasteiger partial charge >= 0.3 is 19.1 Å².